The molecule has 2 rings (SSSR count). The smallest absolute Gasteiger partial charge is 0.438 e. The highest BCUT2D eigenvalue weighted by Gasteiger charge is 2.75. The van der Waals surface area contributed by atoms with Crippen molar-refractivity contribution < 1.29 is 53.6 Å². The van der Waals surface area contributed by atoms with E-state index in [9.17, 15) is 39.6 Å². The number of halogens is 6. The Kier molecular flexibility index (Phi) is 5.52. The standard InChI is InChI=1S/C14H12F6O6S/c15-13(16,17)12(14(18,19)20,7-27(22,23)24)26-11(21)5-8-1-3-9(4-2-8)10-6-25-10/h1-4,10H,5-7H2,(H,22,23,24). The fraction of sp³-hybridized carbons (Fsp3) is 0.500. The number of epoxide rings is 1. The van der Waals surface area contributed by atoms with Gasteiger partial charge in [-0.15, -0.1) is 0 Å². The number of carbonyl (C=O) groups is 1. The summed E-state index contributed by atoms with van der Waals surface area (Å²) in [7, 11) is -5.81. The van der Waals surface area contributed by atoms with Gasteiger partial charge in [-0.05, 0) is 11.1 Å². The number of carbonyl (C=O) groups excluding carboxylic acids is 1. The van der Waals surface area contributed by atoms with Crippen molar-refractivity contribution in [1.82, 2.24) is 0 Å². The molecule has 0 aromatic heterocycles. The first-order valence-electron chi connectivity index (χ1n) is 7.15. The van der Waals surface area contributed by atoms with Crippen LogP contribution in [0, 0.1) is 0 Å². The number of hydrogen-bond acceptors (Lipinski definition) is 5. The molecule has 0 spiro atoms. The zero-order valence-corrected chi connectivity index (χ0v) is 14.0. The zero-order chi connectivity index (χ0) is 20.7. The summed E-state index contributed by atoms with van der Waals surface area (Å²) in [5.41, 5.74) is -4.65. The third-order valence-corrected chi connectivity index (χ3v) is 4.39. The third-order valence-electron chi connectivity index (χ3n) is 3.62. The Labute approximate surface area is 148 Å². The van der Waals surface area contributed by atoms with Gasteiger partial charge in [0.15, 0.2) is 0 Å². The molecule has 0 amide bonds. The van der Waals surface area contributed by atoms with Crippen molar-refractivity contribution in [2.75, 3.05) is 12.4 Å². The summed E-state index contributed by atoms with van der Waals surface area (Å²) in [6.07, 6.45) is -13.8. The van der Waals surface area contributed by atoms with E-state index in [1.165, 1.54) is 24.3 Å². The Morgan fingerprint density at radius 3 is 1.96 bits per heavy atom. The van der Waals surface area contributed by atoms with E-state index in [4.69, 9.17) is 9.29 Å². The van der Waals surface area contributed by atoms with Gasteiger partial charge in [0.05, 0.1) is 13.0 Å². The maximum atomic E-state index is 13.1. The minimum atomic E-state index is -6.34. The molecular weight excluding hydrogens is 410 g/mol. The van der Waals surface area contributed by atoms with Crippen LogP contribution in [0.4, 0.5) is 26.3 Å². The van der Waals surface area contributed by atoms with Gasteiger partial charge < -0.3 is 9.47 Å². The normalized spacial score (nSPS) is 18.3. The molecule has 1 aliphatic rings. The lowest BCUT2D eigenvalue weighted by Gasteiger charge is -2.35. The quantitative estimate of drug-likeness (QED) is 0.328. The molecule has 1 aromatic carbocycles. The number of ether oxygens (including phenoxy) is 2. The highest BCUT2D eigenvalue weighted by Crippen LogP contribution is 2.47. The van der Waals surface area contributed by atoms with Gasteiger partial charge in [0.25, 0.3) is 10.1 Å². The minimum absolute atomic E-state index is 0.0366. The fourth-order valence-electron chi connectivity index (χ4n) is 2.21. The Bertz CT molecular complexity index is 781. The molecule has 13 heteroatoms. The van der Waals surface area contributed by atoms with Gasteiger partial charge in [-0.2, -0.15) is 34.8 Å². The minimum Gasteiger partial charge on any atom is -0.438 e. The van der Waals surface area contributed by atoms with Gasteiger partial charge in [0.1, 0.15) is 11.9 Å². The van der Waals surface area contributed by atoms with Crippen molar-refractivity contribution in [3.63, 3.8) is 0 Å². The summed E-state index contributed by atoms with van der Waals surface area (Å²) in [4.78, 5) is 11.7. The molecule has 1 heterocycles. The van der Waals surface area contributed by atoms with Crippen molar-refractivity contribution >= 4 is 16.1 Å². The van der Waals surface area contributed by atoms with E-state index in [0.717, 1.165) is 0 Å². The SMILES string of the molecule is O=C(Cc1ccc(C2CO2)cc1)OC(CS(=O)(=O)O)(C(F)(F)F)C(F)(F)F. The molecule has 6 nitrogen and oxygen atoms in total. The average molecular weight is 422 g/mol. The Hall–Kier alpha value is -1.86. The van der Waals surface area contributed by atoms with Crippen molar-refractivity contribution in [3.8, 4) is 0 Å². The average Bonchev–Trinajstić information content (AvgIpc) is 3.28. The summed E-state index contributed by atoms with van der Waals surface area (Å²) < 4.78 is 117. The first kappa shape index (κ1) is 21.4. The zero-order valence-electron chi connectivity index (χ0n) is 13.2. The molecule has 152 valence electrons. The van der Waals surface area contributed by atoms with E-state index in [1.54, 1.807) is 0 Å². The predicted molar refractivity (Wildman–Crippen MR) is 76.2 cm³/mol. The lowest BCUT2D eigenvalue weighted by Crippen LogP contribution is -2.63. The molecule has 27 heavy (non-hydrogen) atoms. The van der Waals surface area contributed by atoms with Crippen LogP contribution in [0.5, 0.6) is 0 Å². The van der Waals surface area contributed by atoms with Gasteiger partial charge in [-0.25, -0.2) is 0 Å². The summed E-state index contributed by atoms with van der Waals surface area (Å²) in [6, 6.07) is 5.51. The molecule has 1 aliphatic heterocycles. The summed E-state index contributed by atoms with van der Waals surface area (Å²) in [5, 5.41) is 0. The highest BCUT2D eigenvalue weighted by molar-refractivity contribution is 7.85. The van der Waals surface area contributed by atoms with Crippen LogP contribution < -0.4 is 0 Å². The Balaban J connectivity index is 2.26. The molecule has 1 N–H and O–H groups in total. The van der Waals surface area contributed by atoms with E-state index < -0.39 is 46.2 Å². The molecule has 0 aliphatic carbocycles. The Morgan fingerprint density at radius 2 is 1.59 bits per heavy atom. The first-order valence-corrected chi connectivity index (χ1v) is 8.76. The van der Waals surface area contributed by atoms with Gasteiger partial charge >= 0.3 is 23.9 Å². The molecule has 1 saturated heterocycles. The van der Waals surface area contributed by atoms with Crippen LogP contribution in [0.3, 0.4) is 0 Å². The molecule has 0 bridgehead atoms. The highest BCUT2D eigenvalue weighted by atomic mass is 32.2. The van der Waals surface area contributed by atoms with Crippen LogP contribution in [0.15, 0.2) is 24.3 Å². The maximum Gasteiger partial charge on any atom is 0.438 e. The number of benzene rings is 1. The van der Waals surface area contributed by atoms with Crippen LogP contribution in [0.1, 0.15) is 17.2 Å². The van der Waals surface area contributed by atoms with Gasteiger partial charge in [-0.1, -0.05) is 24.3 Å². The van der Waals surface area contributed by atoms with E-state index in [0.29, 0.717) is 12.2 Å². The number of alkyl halides is 6. The van der Waals surface area contributed by atoms with Crippen LogP contribution >= 0.6 is 0 Å². The van der Waals surface area contributed by atoms with E-state index in [1.807, 2.05) is 0 Å². The third kappa shape index (κ3) is 5.11. The van der Waals surface area contributed by atoms with Crippen molar-refractivity contribution in [2.45, 2.75) is 30.5 Å². The summed E-state index contributed by atoms with van der Waals surface area (Å²) in [5.74, 6) is -4.87. The summed E-state index contributed by atoms with van der Waals surface area (Å²) >= 11 is 0. The lowest BCUT2D eigenvalue weighted by atomic mass is 10.0. The molecule has 0 saturated carbocycles. The van der Waals surface area contributed by atoms with Crippen LogP contribution in [-0.4, -0.2) is 49.3 Å². The van der Waals surface area contributed by atoms with Crippen molar-refractivity contribution in [3.05, 3.63) is 35.4 Å². The largest absolute Gasteiger partial charge is 0.438 e. The van der Waals surface area contributed by atoms with Gasteiger partial charge in [0.2, 0.25) is 0 Å². The second-order valence-electron chi connectivity index (χ2n) is 5.76. The number of hydrogen-bond donors (Lipinski definition) is 1. The topological polar surface area (TPSA) is 93.2 Å². The lowest BCUT2D eigenvalue weighted by molar-refractivity contribution is -0.361. The fourth-order valence-corrected chi connectivity index (χ4v) is 3.11. The van der Waals surface area contributed by atoms with Gasteiger partial charge in [0, 0.05) is 0 Å². The van der Waals surface area contributed by atoms with Gasteiger partial charge in [-0.3, -0.25) is 9.35 Å². The second-order valence-corrected chi connectivity index (χ2v) is 7.22. The maximum absolute atomic E-state index is 13.1. The van der Waals surface area contributed by atoms with E-state index in [-0.39, 0.29) is 11.7 Å². The predicted octanol–water partition coefficient (Wildman–Crippen LogP) is 2.59. The van der Waals surface area contributed by atoms with Crippen molar-refractivity contribution in [1.29, 1.82) is 0 Å². The summed E-state index contributed by atoms with van der Waals surface area (Å²) in [6.45, 7) is 0.469. The first-order chi connectivity index (χ1) is 12.1. The molecule has 1 aromatic rings. The number of esters is 1. The molecule has 1 atom stereocenters. The van der Waals surface area contributed by atoms with E-state index in [2.05, 4.69) is 4.74 Å². The van der Waals surface area contributed by atoms with Crippen molar-refractivity contribution in [2.24, 2.45) is 0 Å². The van der Waals surface area contributed by atoms with Crippen LogP contribution in [0.2, 0.25) is 0 Å². The van der Waals surface area contributed by atoms with Crippen LogP contribution in [-0.2, 0) is 30.8 Å². The molecule has 1 unspecified atom stereocenters. The Morgan fingerprint density at radius 1 is 1.11 bits per heavy atom. The monoisotopic (exact) mass is 422 g/mol. The molecular formula is C14H12F6O6S. The second kappa shape index (κ2) is 6.95. The molecule has 1 fully saturated rings. The molecule has 0 radical (unpaired) electrons. The number of rotatable bonds is 6. The van der Waals surface area contributed by atoms with Crippen LogP contribution in [0.25, 0.3) is 0 Å². The van der Waals surface area contributed by atoms with E-state index >= 15 is 0 Å².